The molecule has 0 amide bonds. The predicted molar refractivity (Wildman–Crippen MR) is 247 cm³/mol. The van der Waals surface area contributed by atoms with Crippen molar-refractivity contribution in [1.29, 1.82) is 0 Å². The molecule has 2 aromatic carbocycles. The van der Waals surface area contributed by atoms with Crippen LogP contribution in [0.25, 0.3) is 22.4 Å². The molecule has 5 aliphatic rings. The van der Waals surface area contributed by atoms with E-state index >= 15 is 0 Å². The van der Waals surface area contributed by atoms with Gasteiger partial charge < -0.3 is 113 Å². The number of aliphatic hydroxyl groups excluding tert-OH is 6. The molecule has 70 heavy (non-hydrogen) atoms. The molecule has 19 N–H and O–H groups in total. The van der Waals surface area contributed by atoms with Crippen molar-refractivity contribution in [2.75, 3.05) is 51.2 Å². The van der Waals surface area contributed by atoms with Crippen LogP contribution < -0.4 is 44.0 Å². The molecule has 2 aromatic heterocycles. The summed E-state index contributed by atoms with van der Waals surface area (Å²) in [6.07, 6.45) is -18.6. The summed E-state index contributed by atoms with van der Waals surface area (Å²) in [6, 6.07) is 9.45. The summed E-state index contributed by atoms with van der Waals surface area (Å²) in [5.41, 5.74) is 41.2. The second-order valence-corrected chi connectivity index (χ2v) is 18.9. The molecular formula is C44H67N13O13. The molecule has 1 aliphatic carbocycles. The molecule has 386 valence electrons. The Kier molecular flexibility index (Phi) is 15.6. The lowest BCUT2D eigenvalue weighted by atomic mass is 9.84. The molecule has 4 aromatic rings. The van der Waals surface area contributed by atoms with E-state index in [9.17, 15) is 30.6 Å². The van der Waals surface area contributed by atoms with Crippen LogP contribution in [0.15, 0.2) is 48.7 Å². The van der Waals surface area contributed by atoms with Gasteiger partial charge in [-0.25, -0.2) is 9.67 Å². The topological polar surface area (TPSA) is 408 Å². The number of H-pyrrole nitrogens is 1. The van der Waals surface area contributed by atoms with Gasteiger partial charge in [-0.05, 0) is 55.9 Å². The Bertz CT molecular complexity index is 2320. The zero-order chi connectivity index (χ0) is 49.5. The van der Waals surface area contributed by atoms with E-state index in [4.69, 9.17) is 72.5 Å². The van der Waals surface area contributed by atoms with Crippen LogP contribution in [-0.2, 0) is 41.6 Å². The Balaban J connectivity index is 0.879. The molecule has 5 fully saturated rings. The largest absolute Gasteiger partial charge is 0.487 e. The van der Waals surface area contributed by atoms with Gasteiger partial charge in [-0.2, -0.15) is 0 Å². The minimum Gasteiger partial charge on any atom is -0.487 e. The smallest absolute Gasteiger partial charge is 0.187 e. The highest BCUT2D eigenvalue weighted by Gasteiger charge is 2.54. The number of fused-ring (bicyclic) bond motifs is 1. The minimum absolute atomic E-state index is 0.0438. The number of rotatable bonds is 15. The molecule has 6 heterocycles. The fourth-order valence-electron chi connectivity index (χ4n) is 9.68. The van der Waals surface area contributed by atoms with Gasteiger partial charge in [0.2, 0.25) is 0 Å². The third kappa shape index (κ3) is 10.5. The summed E-state index contributed by atoms with van der Waals surface area (Å²) in [4.78, 5) is 13.0. The van der Waals surface area contributed by atoms with Gasteiger partial charge in [0.05, 0.1) is 42.0 Å². The number of hydrogen-bond acceptors (Lipinski definition) is 24. The minimum atomic E-state index is -1.64. The predicted octanol–water partition coefficient (Wildman–Crippen LogP) is -5.72. The van der Waals surface area contributed by atoms with E-state index in [1.165, 1.54) is 4.68 Å². The molecule has 26 heteroatoms. The second-order valence-electron chi connectivity index (χ2n) is 18.9. The standard InChI is InChI=1S/C44H67N13O13/c1-55-8-10-56(11-9-55)21-4-7-25-26(12-21)52-41(51-25)19-2-5-22(6-3-19)64-18-20-16-57(54-53-20)17-29-39(69-43-31(50)36(62)34(60)28(15-46)66-43)37(63)44(67-29)70-40-32(58)23(47)13-24(48)38(40)68-42-30(49)35(61)33(59)27(14-45)65-42/h2-7,12,16,23-24,27-40,42-44,58-63H,8-11,13-15,17-18,45-50H2,1H3,(H,51,52)/t23-,24?,27?,28+,29?,30?,31?,32-,33-,34-,35-,36?,37+,38-,39+,40?,42+,43-,44?/m1/s1. The Morgan fingerprint density at radius 3 is 1.94 bits per heavy atom. The Morgan fingerprint density at radius 2 is 1.30 bits per heavy atom. The van der Waals surface area contributed by atoms with Crippen LogP contribution in [-0.4, -0.2) is 223 Å². The van der Waals surface area contributed by atoms with Crippen LogP contribution in [0.5, 0.6) is 5.75 Å². The van der Waals surface area contributed by atoms with Crippen molar-refractivity contribution in [2.45, 2.75) is 136 Å². The molecule has 4 aliphatic heterocycles. The normalized spacial score (nSPS) is 38.6. The van der Waals surface area contributed by atoms with Gasteiger partial charge in [0.1, 0.15) is 91.0 Å². The van der Waals surface area contributed by atoms with Gasteiger partial charge in [0.25, 0.3) is 0 Å². The number of benzene rings is 2. The fourth-order valence-corrected chi connectivity index (χ4v) is 9.68. The summed E-state index contributed by atoms with van der Waals surface area (Å²) in [6.45, 7) is 3.56. The average Bonchev–Trinajstić information content (AvgIpc) is 4.08. The van der Waals surface area contributed by atoms with Crippen LogP contribution in [0.2, 0.25) is 0 Å². The van der Waals surface area contributed by atoms with Crippen molar-refractivity contribution >= 4 is 16.7 Å². The number of aromatic amines is 1. The number of nitrogens with zero attached hydrogens (tertiary/aromatic N) is 6. The number of likely N-dealkylation sites (N-methyl/N-ethyl adjacent to an activating group) is 1. The SMILES string of the molecule is CN1CCN(c2ccc3nc(-c4ccc(OCc5cn(CC6OC(OC7[C@H](O[C@@H]8OC(CN)[C@@H](O)[C@H](O)C8N)C(N)C[C@@H](N)[C@H]7O)[C@@H](O)[C@H]6O[C@H]6O[C@@H](CN)[C@@H](O)C(O)C6N)nn5)cc4)[nH]c3c2)CC1. The first-order chi connectivity index (χ1) is 33.6. The second kappa shape index (κ2) is 21.5. The van der Waals surface area contributed by atoms with Gasteiger partial charge >= 0.3 is 0 Å². The van der Waals surface area contributed by atoms with E-state index in [1.807, 2.05) is 30.3 Å². The van der Waals surface area contributed by atoms with Crippen molar-refractivity contribution in [3.63, 3.8) is 0 Å². The summed E-state index contributed by atoms with van der Waals surface area (Å²) in [5, 5.41) is 74.2. The van der Waals surface area contributed by atoms with Gasteiger partial charge in [-0.3, -0.25) is 0 Å². The number of ether oxygens (including phenoxy) is 7. The van der Waals surface area contributed by atoms with Gasteiger partial charge in [-0.15, -0.1) is 5.10 Å². The highest BCUT2D eigenvalue weighted by atomic mass is 16.8. The fraction of sp³-hybridized carbons (Fsp3) is 0.659. The summed E-state index contributed by atoms with van der Waals surface area (Å²) in [5.74, 6) is 1.31. The monoisotopic (exact) mass is 985 g/mol. The lowest BCUT2D eigenvalue weighted by molar-refractivity contribution is -0.306. The van der Waals surface area contributed by atoms with Gasteiger partial charge in [-0.1, -0.05) is 5.21 Å². The quantitative estimate of drug-likeness (QED) is 0.0528. The molecule has 8 unspecified atom stereocenters. The zero-order valence-corrected chi connectivity index (χ0v) is 38.6. The third-order valence-corrected chi connectivity index (χ3v) is 14.0. The summed E-state index contributed by atoms with van der Waals surface area (Å²) >= 11 is 0. The van der Waals surface area contributed by atoms with Crippen LogP contribution in [0.3, 0.4) is 0 Å². The molecule has 0 bridgehead atoms. The lowest BCUT2D eigenvalue weighted by Gasteiger charge is -2.47. The maximum Gasteiger partial charge on any atom is 0.187 e. The van der Waals surface area contributed by atoms with E-state index < -0.39 is 116 Å². The Morgan fingerprint density at radius 1 is 0.686 bits per heavy atom. The number of aromatic nitrogens is 5. The molecule has 1 saturated carbocycles. The first-order valence-corrected chi connectivity index (χ1v) is 23.6. The number of anilines is 1. The van der Waals surface area contributed by atoms with E-state index in [1.54, 1.807) is 6.20 Å². The highest BCUT2D eigenvalue weighted by molar-refractivity contribution is 5.83. The zero-order valence-electron chi connectivity index (χ0n) is 38.6. The number of hydrogen-bond donors (Lipinski definition) is 13. The number of nitrogens with two attached hydrogens (primary N) is 6. The molecule has 26 nitrogen and oxygen atoms in total. The van der Waals surface area contributed by atoms with Crippen LogP contribution in [0.4, 0.5) is 5.69 Å². The molecule has 0 spiro atoms. The maximum absolute atomic E-state index is 11.9. The molecule has 4 saturated heterocycles. The van der Waals surface area contributed by atoms with Gasteiger partial charge in [0.15, 0.2) is 18.9 Å². The number of imidazole rings is 1. The van der Waals surface area contributed by atoms with Crippen molar-refractivity contribution in [3.05, 3.63) is 54.4 Å². The van der Waals surface area contributed by atoms with Crippen molar-refractivity contribution in [2.24, 2.45) is 34.4 Å². The van der Waals surface area contributed by atoms with Crippen LogP contribution in [0.1, 0.15) is 12.1 Å². The Labute approximate surface area is 402 Å². The number of piperazine rings is 1. The van der Waals surface area contributed by atoms with E-state index in [0.29, 0.717) is 11.4 Å². The van der Waals surface area contributed by atoms with E-state index in [2.05, 4.69) is 44.3 Å². The summed E-state index contributed by atoms with van der Waals surface area (Å²) < 4.78 is 44.2. The van der Waals surface area contributed by atoms with E-state index in [0.717, 1.165) is 54.3 Å². The Hall–Kier alpha value is -4.11. The first kappa shape index (κ1) is 50.8. The molecular weight excluding hydrogens is 919 g/mol. The van der Waals surface area contributed by atoms with Crippen LogP contribution >= 0.6 is 0 Å². The number of aliphatic hydroxyl groups is 6. The third-order valence-electron chi connectivity index (χ3n) is 14.0. The van der Waals surface area contributed by atoms with E-state index in [-0.39, 0.29) is 32.7 Å². The van der Waals surface area contributed by atoms with Crippen molar-refractivity contribution < 1.29 is 63.8 Å². The van der Waals surface area contributed by atoms with Crippen LogP contribution in [0, 0.1) is 0 Å². The van der Waals surface area contributed by atoms with Crippen molar-refractivity contribution in [3.8, 4) is 17.1 Å². The van der Waals surface area contributed by atoms with Crippen molar-refractivity contribution in [1.82, 2.24) is 29.9 Å². The average molecular weight is 986 g/mol. The van der Waals surface area contributed by atoms with Gasteiger partial charge in [0, 0.05) is 62.6 Å². The molecule has 9 rings (SSSR count). The lowest BCUT2D eigenvalue weighted by Crippen LogP contribution is -2.68. The summed E-state index contributed by atoms with van der Waals surface area (Å²) in [7, 11) is 2.14. The maximum atomic E-state index is 11.9. The highest BCUT2D eigenvalue weighted by Crippen LogP contribution is 2.35. The number of nitrogens with one attached hydrogen (secondary N) is 1. The first-order valence-electron chi connectivity index (χ1n) is 23.6. The molecule has 0 radical (unpaired) electrons. The molecule has 19 atom stereocenters.